The van der Waals surface area contributed by atoms with E-state index in [0.29, 0.717) is 22.8 Å². The summed E-state index contributed by atoms with van der Waals surface area (Å²) in [5.74, 6) is -1.06. The van der Waals surface area contributed by atoms with Crippen molar-refractivity contribution in [3.8, 4) is 0 Å². The molecule has 0 saturated heterocycles. The molecule has 0 aliphatic carbocycles. The van der Waals surface area contributed by atoms with Crippen LogP contribution >= 0.6 is 11.6 Å². The lowest BCUT2D eigenvalue weighted by atomic mass is 10.0. The monoisotopic (exact) mass is 386 g/mol. The van der Waals surface area contributed by atoms with Crippen LogP contribution in [0.5, 0.6) is 0 Å². The molecular formula is C21H20ClFN2O2. The molecule has 3 rings (SSSR count). The predicted molar refractivity (Wildman–Crippen MR) is 105 cm³/mol. The van der Waals surface area contributed by atoms with Crippen molar-refractivity contribution >= 4 is 34.7 Å². The number of carbonyl (C=O) groups excluding carboxylic acids is 2. The Kier molecular flexibility index (Phi) is 5.33. The van der Waals surface area contributed by atoms with Gasteiger partial charge in [0, 0.05) is 17.3 Å². The maximum absolute atomic E-state index is 13.3. The number of halogens is 2. The Hall–Kier alpha value is -2.66. The third-order valence-corrected chi connectivity index (χ3v) is 4.79. The topological polar surface area (TPSA) is 49.4 Å². The summed E-state index contributed by atoms with van der Waals surface area (Å²) in [6, 6.07) is 10.9. The molecule has 2 amide bonds. The zero-order chi connectivity index (χ0) is 19.7. The van der Waals surface area contributed by atoms with E-state index in [-0.39, 0.29) is 23.1 Å². The molecule has 0 radical (unpaired) electrons. The highest BCUT2D eigenvalue weighted by atomic mass is 35.5. The van der Waals surface area contributed by atoms with E-state index < -0.39 is 11.7 Å². The van der Waals surface area contributed by atoms with E-state index in [1.54, 1.807) is 18.2 Å². The van der Waals surface area contributed by atoms with E-state index in [4.69, 9.17) is 11.6 Å². The van der Waals surface area contributed by atoms with Crippen molar-refractivity contribution in [2.75, 3.05) is 11.9 Å². The molecule has 0 unspecified atom stereocenters. The molecule has 2 aromatic rings. The van der Waals surface area contributed by atoms with Gasteiger partial charge in [-0.15, -0.1) is 0 Å². The lowest BCUT2D eigenvalue weighted by Gasteiger charge is -2.17. The van der Waals surface area contributed by atoms with Gasteiger partial charge in [0.05, 0.1) is 5.57 Å². The smallest absolute Gasteiger partial charge is 0.278 e. The average Bonchev–Trinajstić information content (AvgIpc) is 2.84. The van der Waals surface area contributed by atoms with Crippen LogP contribution in [0.25, 0.3) is 5.57 Å². The summed E-state index contributed by atoms with van der Waals surface area (Å²) in [7, 11) is 0. The molecule has 27 heavy (non-hydrogen) atoms. The Balaban J connectivity index is 2.10. The minimum atomic E-state index is -0.407. The van der Waals surface area contributed by atoms with Crippen LogP contribution in [-0.2, 0) is 9.59 Å². The Bertz CT molecular complexity index is 936. The van der Waals surface area contributed by atoms with E-state index in [1.165, 1.54) is 29.2 Å². The number of nitrogens with zero attached hydrogens (tertiary/aromatic N) is 1. The van der Waals surface area contributed by atoms with Crippen LogP contribution in [0, 0.1) is 18.7 Å². The Labute approximate surface area is 162 Å². The molecule has 1 N–H and O–H groups in total. The maximum Gasteiger partial charge on any atom is 0.278 e. The predicted octanol–water partition coefficient (Wildman–Crippen LogP) is 4.64. The fourth-order valence-electron chi connectivity index (χ4n) is 2.98. The first-order valence-electron chi connectivity index (χ1n) is 8.68. The fourth-order valence-corrected chi connectivity index (χ4v) is 3.16. The standard InChI is InChI=1S/C21H20ClFN2O2/c1-12(2)11-25-20(26)18(14-7-9-15(23)10-8-14)19(21(25)27)24-17-6-4-5-16(22)13(17)3/h4-10,12,24H,11H2,1-3H3. The van der Waals surface area contributed by atoms with Crippen molar-refractivity contribution < 1.29 is 14.0 Å². The minimum Gasteiger partial charge on any atom is -0.350 e. The van der Waals surface area contributed by atoms with Gasteiger partial charge in [-0.25, -0.2) is 4.39 Å². The van der Waals surface area contributed by atoms with Gasteiger partial charge in [0.1, 0.15) is 11.5 Å². The van der Waals surface area contributed by atoms with Crippen LogP contribution in [-0.4, -0.2) is 23.3 Å². The summed E-state index contributed by atoms with van der Waals surface area (Å²) in [6.07, 6.45) is 0. The second-order valence-corrected chi connectivity index (χ2v) is 7.32. The van der Waals surface area contributed by atoms with Gasteiger partial charge >= 0.3 is 0 Å². The molecule has 1 aliphatic rings. The highest BCUT2D eigenvalue weighted by Gasteiger charge is 2.39. The second-order valence-electron chi connectivity index (χ2n) is 6.91. The number of hydrogen-bond donors (Lipinski definition) is 1. The molecule has 140 valence electrons. The fraction of sp³-hybridized carbons (Fsp3) is 0.238. The summed E-state index contributed by atoms with van der Waals surface area (Å²) in [4.78, 5) is 27.2. The first-order chi connectivity index (χ1) is 12.8. The van der Waals surface area contributed by atoms with Crippen molar-refractivity contribution in [3.63, 3.8) is 0 Å². The van der Waals surface area contributed by atoms with Gasteiger partial charge < -0.3 is 5.32 Å². The van der Waals surface area contributed by atoms with E-state index in [1.807, 2.05) is 20.8 Å². The van der Waals surface area contributed by atoms with Gasteiger partial charge in [-0.1, -0.05) is 43.6 Å². The van der Waals surface area contributed by atoms with Gasteiger partial charge in [0.15, 0.2) is 0 Å². The summed E-state index contributed by atoms with van der Waals surface area (Å²) < 4.78 is 13.3. The summed E-state index contributed by atoms with van der Waals surface area (Å²) in [5, 5.41) is 3.64. The van der Waals surface area contributed by atoms with Crippen molar-refractivity contribution in [2.24, 2.45) is 5.92 Å². The van der Waals surface area contributed by atoms with Crippen LogP contribution in [0.2, 0.25) is 5.02 Å². The SMILES string of the molecule is Cc1c(Cl)cccc1NC1=C(c2ccc(F)cc2)C(=O)N(CC(C)C)C1=O. The summed E-state index contributed by atoms with van der Waals surface area (Å²) >= 11 is 6.17. The number of hydrogen-bond acceptors (Lipinski definition) is 3. The van der Waals surface area contributed by atoms with Gasteiger partial charge in [-0.05, 0) is 48.2 Å². The van der Waals surface area contributed by atoms with Crippen LogP contribution in [0.1, 0.15) is 25.0 Å². The van der Waals surface area contributed by atoms with Gasteiger partial charge in [-0.2, -0.15) is 0 Å². The second kappa shape index (κ2) is 7.53. The largest absolute Gasteiger partial charge is 0.350 e. The summed E-state index contributed by atoms with van der Waals surface area (Å²) in [5.41, 5.74) is 2.32. The lowest BCUT2D eigenvalue weighted by molar-refractivity contribution is -0.137. The molecule has 4 nitrogen and oxygen atoms in total. The zero-order valence-corrected chi connectivity index (χ0v) is 16.1. The number of anilines is 1. The van der Waals surface area contributed by atoms with Crippen molar-refractivity contribution in [1.82, 2.24) is 4.90 Å². The normalized spacial score (nSPS) is 14.5. The average molecular weight is 387 g/mol. The zero-order valence-electron chi connectivity index (χ0n) is 15.3. The van der Waals surface area contributed by atoms with Crippen LogP contribution < -0.4 is 5.32 Å². The number of amides is 2. The molecule has 0 aromatic heterocycles. The Morgan fingerprint density at radius 1 is 1.07 bits per heavy atom. The first-order valence-corrected chi connectivity index (χ1v) is 9.06. The highest BCUT2D eigenvalue weighted by molar-refractivity contribution is 6.36. The molecular weight excluding hydrogens is 367 g/mol. The first kappa shape index (κ1) is 19.1. The van der Waals surface area contributed by atoms with Crippen molar-refractivity contribution in [2.45, 2.75) is 20.8 Å². The maximum atomic E-state index is 13.3. The molecule has 0 spiro atoms. The number of nitrogens with one attached hydrogen (secondary N) is 1. The van der Waals surface area contributed by atoms with Gasteiger partial charge in [-0.3, -0.25) is 14.5 Å². The Morgan fingerprint density at radius 3 is 2.37 bits per heavy atom. The summed E-state index contributed by atoms with van der Waals surface area (Å²) in [6.45, 7) is 6.01. The van der Waals surface area contributed by atoms with E-state index in [0.717, 1.165) is 5.56 Å². The van der Waals surface area contributed by atoms with Gasteiger partial charge in [0.2, 0.25) is 0 Å². The van der Waals surface area contributed by atoms with E-state index >= 15 is 0 Å². The van der Waals surface area contributed by atoms with Crippen LogP contribution in [0.15, 0.2) is 48.2 Å². The van der Waals surface area contributed by atoms with Crippen molar-refractivity contribution in [3.05, 3.63) is 70.1 Å². The Morgan fingerprint density at radius 2 is 1.74 bits per heavy atom. The quantitative estimate of drug-likeness (QED) is 0.762. The lowest BCUT2D eigenvalue weighted by Crippen LogP contribution is -2.35. The number of imide groups is 1. The van der Waals surface area contributed by atoms with E-state index in [2.05, 4.69) is 5.32 Å². The van der Waals surface area contributed by atoms with E-state index in [9.17, 15) is 14.0 Å². The van der Waals surface area contributed by atoms with Crippen molar-refractivity contribution in [1.29, 1.82) is 0 Å². The molecule has 0 saturated carbocycles. The van der Waals surface area contributed by atoms with Crippen LogP contribution in [0.4, 0.5) is 10.1 Å². The van der Waals surface area contributed by atoms with Crippen LogP contribution in [0.3, 0.4) is 0 Å². The third kappa shape index (κ3) is 3.74. The molecule has 2 aromatic carbocycles. The number of carbonyl (C=O) groups is 2. The molecule has 0 bridgehead atoms. The number of rotatable bonds is 5. The number of benzene rings is 2. The molecule has 1 aliphatic heterocycles. The molecule has 6 heteroatoms. The third-order valence-electron chi connectivity index (χ3n) is 4.38. The van der Waals surface area contributed by atoms with Gasteiger partial charge in [0.25, 0.3) is 11.8 Å². The molecule has 0 atom stereocenters. The molecule has 0 fully saturated rings. The molecule has 1 heterocycles. The minimum absolute atomic E-state index is 0.125. The highest BCUT2D eigenvalue weighted by Crippen LogP contribution is 2.33.